The first-order chi connectivity index (χ1) is 12.8. The van der Waals surface area contributed by atoms with Gasteiger partial charge >= 0.3 is 6.18 Å². The number of aromatic nitrogens is 2. The number of hydrogen-bond donors (Lipinski definition) is 1. The number of rotatable bonds is 4. The maximum atomic E-state index is 12.7. The summed E-state index contributed by atoms with van der Waals surface area (Å²) in [4.78, 5) is 29.4. The van der Waals surface area contributed by atoms with Crippen LogP contribution in [0.1, 0.15) is 24.9 Å². The number of carbonyl (C=O) groups excluding carboxylic acids is 1. The first kappa shape index (κ1) is 18.6. The van der Waals surface area contributed by atoms with Crippen LogP contribution in [0.5, 0.6) is 0 Å². The SMILES string of the molecule is CCC(C(=O)Nc1ccc(C(F)(F)F)cc1)n1cnc2ccccc2c1=O. The number of halogens is 3. The van der Waals surface area contributed by atoms with Crippen LogP contribution >= 0.6 is 0 Å². The third-order valence-corrected chi connectivity index (χ3v) is 4.20. The lowest BCUT2D eigenvalue weighted by Gasteiger charge is -2.18. The molecule has 1 amide bonds. The van der Waals surface area contributed by atoms with E-state index in [9.17, 15) is 22.8 Å². The van der Waals surface area contributed by atoms with Crippen LogP contribution in [0.15, 0.2) is 59.7 Å². The van der Waals surface area contributed by atoms with E-state index in [4.69, 9.17) is 0 Å². The van der Waals surface area contributed by atoms with Gasteiger partial charge in [-0.15, -0.1) is 0 Å². The maximum Gasteiger partial charge on any atom is 0.416 e. The molecule has 3 rings (SSSR count). The van der Waals surface area contributed by atoms with Gasteiger partial charge in [-0.25, -0.2) is 4.98 Å². The van der Waals surface area contributed by atoms with Crippen molar-refractivity contribution in [3.63, 3.8) is 0 Å². The number of para-hydroxylation sites is 1. The topological polar surface area (TPSA) is 64.0 Å². The van der Waals surface area contributed by atoms with E-state index in [-0.39, 0.29) is 11.2 Å². The molecule has 27 heavy (non-hydrogen) atoms. The summed E-state index contributed by atoms with van der Waals surface area (Å²) in [7, 11) is 0. The fourth-order valence-corrected chi connectivity index (χ4v) is 2.78. The lowest BCUT2D eigenvalue weighted by molar-refractivity contribution is -0.137. The molecule has 140 valence electrons. The predicted octanol–water partition coefficient (Wildman–Crippen LogP) is 4.01. The molecule has 1 heterocycles. The van der Waals surface area contributed by atoms with Gasteiger partial charge in [0.1, 0.15) is 6.04 Å². The van der Waals surface area contributed by atoms with Gasteiger partial charge in [-0.3, -0.25) is 14.2 Å². The van der Waals surface area contributed by atoms with Gasteiger partial charge in [-0.2, -0.15) is 13.2 Å². The van der Waals surface area contributed by atoms with Gasteiger partial charge in [-0.05, 0) is 42.8 Å². The van der Waals surface area contributed by atoms with Gasteiger partial charge in [0.05, 0.1) is 22.8 Å². The Bertz CT molecular complexity index is 1030. The van der Waals surface area contributed by atoms with Crippen molar-refractivity contribution in [2.24, 2.45) is 0 Å². The number of nitrogens with one attached hydrogen (secondary N) is 1. The lowest BCUT2D eigenvalue weighted by Crippen LogP contribution is -2.33. The molecule has 0 radical (unpaired) electrons. The van der Waals surface area contributed by atoms with E-state index in [1.807, 2.05) is 0 Å². The molecule has 1 unspecified atom stereocenters. The summed E-state index contributed by atoms with van der Waals surface area (Å²) >= 11 is 0. The highest BCUT2D eigenvalue weighted by molar-refractivity contribution is 5.94. The van der Waals surface area contributed by atoms with Crippen molar-refractivity contribution < 1.29 is 18.0 Å². The second-order valence-corrected chi connectivity index (χ2v) is 5.96. The van der Waals surface area contributed by atoms with E-state index >= 15 is 0 Å². The Labute approximate surface area is 152 Å². The Kier molecular flexibility index (Phi) is 4.98. The lowest BCUT2D eigenvalue weighted by atomic mass is 10.1. The molecule has 2 aromatic carbocycles. The molecule has 0 saturated carbocycles. The summed E-state index contributed by atoms with van der Waals surface area (Å²) in [5, 5.41) is 2.94. The zero-order chi connectivity index (χ0) is 19.6. The van der Waals surface area contributed by atoms with E-state index in [0.717, 1.165) is 12.1 Å². The molecule has 0 fully saturated rings. The van der Waals surface area contributed by atoms with E-state index in [0.29, 0.717) is 17.3 Å². The molecule has 0 bridgehead atoms. The molecule has 0 aliphatic rings. The van der Waals surface area contributed by atoms with Crippen molar-refractivity contribution in [3.8, 4) is 0 Å². The molecule has 8 heteroatoms. The van der Waals surface area contributed by atoms with Crippen LogP contribution in [-0.2, 0) is 11.0 Å². The summed E-state index contributed by atoms with van der Waals surface area (Å²) in [6.07, 6.45) is -2.82. The maximum absolute atomic E-state index is 12.7. The van der Waals surface area contributed by atoms with Crippen LogP contribution < -0.4 is 10.9 Å². The van der Waals surface area contributed by atoms with Crippen LogP contribution in [0, 0.1) is 0 Å². The third kappa shape index (κ3) is 3.84. The normalized spacial score (nSPS) is 12.7. The van der Waals surface area contributed by atoms with Crippen molar-refractivity contribution in [2.75, 3.05) is 5.32 Å². The third-order valence-electron chi connectivity index (χ3n) is 4.20. The average molecular weight is 375 g/mol. The number of hydrogen-bond acceptors (Lipinski definition) is 3. The summed E-state index contributed by atoms with van der Waals surface area (Å²) in [5.74, 6) is -0.503. The monoisotopic (exact) mass is 375 g/mol. The summed E-state index contributed by atoms with van der Waals surface area (Å²) < 4.78 is 39.1. The standard InChI is InChI=1S/C19H16F3N3O2/c1-2-16(25-11-23-15-6-4-3-5-14(15)18(25)27)17(26)24-13-9-7-12(8-10-13)19(20,21)22/h3-11,16H,2H2,1H3,(H,24,26). The largest absolute Gasteiger partial charge is 0.416 e. The molecule has 0 aliphatic heterocycles. The summed E-state index contributed by atoms with van der Waals surface area (Å²) in [6, 6.07) is 10.1. The molecular weight excluding hydrogens is 359 g/mol. The molecule has 3 aromatic rings. The molecule has 1 N–H and O–H groups in total. The molecule has 0 aliphatic carbocycles. The molecule has 5 nitrogen and oxygen atoms in total. The van der Waals surface area contributed by atoms with Crippen molar-refractivity contribution in [1.82, 2.24) is 9.55 Å². The highest BCUT2D eigenvalue weighted by atomic mass is 19.4. The van der Waals surface area contributed by atoms with E-state index in [1.165, 1.54) is 23.0 Å². The number of benzene rings is 2. The van der Waals surface area contributed by atoms with Crippen LogP contribution in [0.25, 0.3) is 10.9 Å². The number of anilines is 1. The van der Waals surface area contributed by atoms with Gasteiger partial charge in [0, 0.05) is 5.69 Å². The number of alkyl halides is 3. The minimum absolute atomic E-state index is 0.216. The van der Waals surface area contributed by atoms with Crippen molar-refractivity contribution in [2.45, 2.75) is 25.6 Å². The van der Waals surface area contributed by atoms with Crippen LogP contribution in [0.2, 0.25) is 0 Å². The molecular formula is C19H16F3N3O2. The number of carbonyl (C=O) groups is 1. The highest BCUT2D eigenvalue weighted by Gasteiger charge is 2.30. The second-order valence-electron chi connectivity index (χ2n) is 5.96. The van der Waals surface area contributed by atoms with Crippen LogP contribution in [0.4, 0.5) is 18.9 Å². The van der Waals surface area contributed by atoms with Gasteiger partial charge in [0.25, 0.3) is 5.56 Å². The van der Waals surface area contributed by atoms with Crippen LogP contribution in [-0.4, -0.2) is 15.5 Å². The Morgan fingerprint density at radius 3 is 2.44 bits per heavy atom. The fourth-order valence-electron chi connectivity index (χ4n) is 2.78. The number of fused-ring (bicyclic) bond motifs is 1. The van der Waals surface area contributed by atoms with E-state index in [1.54, 1.807) is 31.2 Å². The summed E-state index contributed by atoms with van der Waals surface area (Å²) in [6.45, 7) is 1.73. The van der Waals surface area contributed by atoms with Crippen molar-refractivity contribution in [1.29, 1.82) is 0 Å². The predicted molar refractivity (Wildman–Crippen MR) is 95.4 cm³/mol. The van der Waals surface area contributed by atoms with Gasteiger partial charge in [-0.1, -0.05) is 19.1 Å². The Morgan fingerprint density at radius 1 is 1.15 bits per heavy atom. The quantitative estimate of drug-likeness (QED) is 0.750. The van der Waals surface area contributed by atoms with Crippen molar-refractivity contribution in [3.05, 3.63) is 70.8 Å². The molecule has 1 aromatic heterocycles. The van der Waals surface area contributed by atoms with E-state index < -0.39 is 23.7 Å². The average Bonchev–Trinajstić information content (AvgIpc) is 2.64. The molecule has 0 saturated heterocycles. The second kappa shape index (κ2) is 7.22. The number of nitrogens with zero attached hydrogens (tertiary/aromatic N) is 2. The fraction of sp³-hybridized carbons (Fsp3) is 0.211. The van der Waals surface area contributed by atoms with Crippen LogP contribution in [0.3, 0.4) is 0 Å². The van der Waals surface area contributed by atoms with E-state index in [2.05, 4.69) is 10.3 Å². The molecule has 0 spiro atoms. The smallest absolute Gasteiger partial charge is 0.324 e. The van der Waals surface area contributed by atoms with Crippen molar-refractivity contribution >= 4 is 22.5 Å². The zero-order valence-corrected chi connectivity index (χ0v) is 14.3. The highest BCUT2D eigenvalue weighted by Crippen LogP contribution is 2.30. The molecule has 1 atom stereocenters. The Morgan fingerprint density at radius 2 is 1.81 bits per heavy atom. The zero-order valence-electron chi connectivity index (χ0n) is 14.3. The Hall–Kier alpha value is -3.16. The Balaban J connectivity index is 1.87. The van der Waals surface area contributed by atoms with Gasteiger partial charge in [0.2, 0.25) is 5.91 Å². The first-order valence-electron chi connectivity index (χ1n) is 8.25. The van der Waals surface area contributed by atoms with Gasteiger partial charge in [0.15, 0.2) is 0 Å². The van der Waals surface area contributed by atoms with Gasteiger partial charge < -0.3 is 5.32 Å². The minimum Gasteiger partial charge on any atom is -0.324 e. The number of amides is 1. The summed E-state index contributed by atoms with van der Waals surface area (Å²) in [5.41, 5.74) is -0.414. The minimum atomic E-state index is -4.45. The first-order valence-corrected chi connectivity index (χ1v) is 8.25.